The van der Waals surface area contributed by atoms with Gasteiger partial charge in [0, 0.05) is 12.3 Å². The quantitative estimate of drug-likeness (QED) is 0.729. The molecule has 0 saturated heterocycles. The van der Waals surface area contributed by atoms with Crippen molar-refractivity contribution in [3.05, 3.63) is 53.7 Å². The van der Waals surface area contributed by atoms with Gasteiger partial charge in [-0.15, -0.1) is 0 Å². The summed E-state index contributed by atoms with van der Waals surface area (Å²) >= 11 is 0. The van der Waals surface area contributed by atoms with E-state index in [4.69, 9.17) is 10.6 Å². The van der Waals surface area contributed by atoms with Crippen molar-refractivity contribution in [1.82, 2.24) is 4.98 Å². The maximum atomic E-state index is 5.75. The van der Waals surface area contributed by atoms with Crippen molar-refractivity contribution >= 4 is 0 Å². The molecule has 0 amide bonds. The van der Waals surface area contributed by atoms with Gasteiger partial charge in [0.15, 0.2) is 0 Å². The van der Waals surface area contributed by atoms with Crippen LogP contribution in [0.3, 0.4) is 0 Å². The first kappa shape index (κ1) is 17.4. The lowest BCUT2D eigenvalue weighted by Crippen LogP contribution is -2.05. The number of aryl methyl sites for hydroxylation is 1. The highest BCUT2D eigenvalue weighted by Gasteiger charge is 2.07. The zero-order chi connectivity index (χ0) is 16.7. The zero-order valence-corrected chi connectivity index (χ0v) is 14.2. The van der Waals surface area contributed by atoms with Gasteiger partial charge in [-0.2, -0.15) is 0 Å². The standard InChI is InChI=1S/C19H26N2O2/c1-14(2)15(3)4-5-16-6-9-18(10-7-16)23-19-11-8-17(12-21-19)13-22-20/h6-12,14-15H,4-5,13,20H2,1-3H3. The third-order valence-electron chi connectivity index (χ3n) is 4.22. The van der Waals surface area contributed by atoms with Crippen LogP contribution >= 0.6 is 0 Å². The first-order valence-corrected chi connectivity index (χ1v) is 8.12. The topological polar surface area (TPSA) is 57.4 Å². The Labute approximate surface area is 138 Å². The van der Waals surface area contributed by atoms with Crippen molar-refractivity contribution in [3.8, 4) is 11.6 Å². The monoisotopic (exact) mass is 314 g/mol. The van der Waals surface area contributed by atoms with Crippen LogP contribution in [-0.4, -0.2) is 4.98 Å². The molecule has 1 heterocycles. The minimum atomic E-state index is 0.344. The van der Waals surface area contributed by atoms with Crippen LogP contribution in [0.5, 0.6) is 11.6 Å². The Morgan fingerprint density at radius 1 is 1.00 bits per heavy atom. The molecule has 23 heavy (non-hydrogen) atoms. The number of aromatic nitrogens is 1. The predicted molar refractivity (Wildman–Crippen MR) is 92.1 cm³/mol. The van der Waals surface area contributed by atoms with E-state index in [-0.39, 0.29) is 0 Å². The van der Waals surface area contributed by atoms with E-state index < -0.39 is 0 Å². The van der Waals surface area contributed by atoms with Crippen LogP contribution in [0, 0.1) is 11.8 Å². The number of nitrogens with zero attached hydrogens (tertiary/aromatic N) is 1. The fourth-order valence-corrected chi connectivity index (χ4v) is 2.23. The van der Waals surface area contributed by atoms with E-state index in [9.17, 15) is 0 Å². The minimum absolute atomic E-state index is 0.344. The fraction of sp³-hybridized carbons (Fsp3) is 0.421. The van der Waals surface area contributed by atoms with E-state index in [0.29, 0.717) is 12.5 Å². The van der Waals surface area contributed by atoms with Crippen molar-refractivity contribution in [2.45, 2.75) is 40.2 Å². The minimum Gasteiger partial charge on any atom is -0.439 e. The smallest absolute Gasteiger partial charge is 0.219 e. The van der Waals surface area contributed by atoms with Gasteiger partial charge in [-0.05, 0) is 54.0 Å². The number of ether oxygens (including phenoxy) is 1. The first-order chi connectivity index (χ1) is 11.1. The lowest BCUT2D eigenvalue weighted by atomic mass is 9.91. The second-order valence-corrected chi connectivity index (χ2v) is 6.32. The summed E-state index contributed by atoms with van der Waals surface area (Å²) in [6, 6.07) is 11.9. The van der Waals surface area contributed by atoms with Gasteiger partial charge >= 0.3 is 0 Å². The molecule has 4 heteroatoms. The molecule has 1 aromatic carbocycles. The summed E-state index contributed by atoms with van der Waals surface area (Å²) < 4.78 is 5.75. The van der Waals surface area contributed by atoms with Gasteiger partial charge < -0.3 is 4.74 Å². The second kappa shape index (κ2) is 8.65. The van der Waals surface area contributed by atoms with Gasteiger partial charge in [0.25, 0.3) is 0 Å². The molecule has 0 spiro atoms. The average molecular weight is 314 g/mol. The van der Waals surface area contributed by atoms with Crippen LogP contribution in [0.25, 0.3) is 0 Å². The number of benzene rings is 1. The molecule has 1 aromatic heterocycles. The molecule has 0 bridgehead atoms. The second-order valence-electron chi connectivity index (χ2n) is 6.32. The summed E-state index contributed by atoms with van der Waals surface area (Å²) in [4.78, 5) is 8.81. The van der Waals surface area contributed by atoms with Crippen LogP contribution in [0.1, 0.15) is 38.3 Å². The molecule has 0 aliphatic rings. The number of pyridine rings is 1. The Kier molecular flexibility index (Phi) is 6.56. The van der Waals surface area contributed by atoms with Gasteiger partial charge in [-0.1, -0.05) is 32.9 Å². The summed E-state index contributed by atoms with van der Waals surface area (Å²) in [6.07, 6.45) is 4.01. The highest BCUT2D eigenvalue weighted by atomic mass is 16.6. The molecule has 0 fully saturated rings. The third-order valence-corrected chi connectivity index (χ3v) is 4.22. The Hall–Kier alpha value is -1.91. The fourth-order valence-electron chi connectivity index (χ4n) is 2.23. The molecule has 0 aliphatic heterocycles. The summed E-state index contributed by atoms with van der Waals surface area (Å²) in [6.45, 7) is 7.21. The molecule has 4 nitrogen and oxygen atoms in total. The van der Waals surface area contributed by atoms with E-state index in [0.717, 1.165) is 29.6 Å². The highest BCUT2D eigenvalue weighted by molar-refractivity contribution is 5.31. The summed E-state index contributed by atoms with van der Waals surface area (Å²) in [7, 11) is 0. The van der Waals surface area contributed by atoms with E-state index >= 15 is 0 Å². The van der Waals surface area contributed by atoms with E-state index in [1.54, 1.807) is 6.20 Å². The van der Waals surface area contributed by atoms with Gasteiger partial charge in [0.2, 0.25) is 5.88 Å². The van der Waals surface area contributed by atoms with Crippen molar-refractivity contribution in [2.75, 3.05) is 0 Å². The SMILES string of the molecule is CC(C)C(C)CCc1ccc(Oc2ccc(CON)cn2)cc1. The van der Waals surface area contributed by atoms with Gasteiger partial charge in [-0.25, -0.2) is 10.9 Å². The largest absolute Gasteiger partial charge is 0.439 e. The molecule has 0 radical (unpaired) electrons. The molecule has 2 aromatic rings. The Balaban J connectivity index is 1.89. The van der Waals surface area contributed by atoms with Crippen molar-refractivity contribution in [1.29, 1.82) is 0 Å². The average Bonchev–Trinajstić information content (AvgIpc) is 2.56. The van der Waals surface area contributed by atoms with Crippen molar-refractivity contribution < 1.29 is 9.57 Å². The number of rotatable bonds is 8. The maximum absolute atomic E-state index is 5.75. The Bertz CT molecular complexity index is 579. The molecule has 1 atom stereocenters. The van der Waals surface area contributed by atoms with Gasteiger partial charge in [-0.3, -0.25) is 4.84 Å². The van der Waals surface area contributed by atoms with Gasteiger partial charge in [0.05, 0.1) is 6.61 Å². The normalized spacial score (nSPS) is 12.4. The van der Waals surface area contributed by atoms with Crippen LogP contribution in [0.4, 0.5) is 0 Å². The lowest BCUT2D eigenvalue weighted by Gasteiger charge is -2.15. The highest BCUT2D eigenvalue weighted by Crippen LogP contribution is 2.22. The van der Waals surface area contributed by atoms with Crippen molar-refractivity contribution in [2.24, 2.45) is 17.7 Å². The number of nitrogens with two attached hydrogens (primary N) is 1. The number of hydrogen-bond donors (Lipinski definition) is 1. The van der Waals surface area contributed by atoms with Crippen molar-refractivity contribution in [3.63, 3.8) is 0 Å². The summed E-state index contributed by atoms with van der Waals surface area (Å²) in [5.74, 6) is 7.87. The summed E-state index contributed by atoms with van der Waals surface area (Å²) in [5, 5.41) is 0. The molecule has 2 N–H and O–H groups in total. The zero-order valence-electron chi connectivity index (χ0n) is 14.2. The summed E-state index contributed by atoms with van der Waals surface area (Å²) in [5.41, 5.74) is 2.25. The van der Waals surface area contributed by atoms with Crippen LogP contribution in [0.15, 0.2) is 42.6 Å². The molecular formula is C19H26N2O2. The molecule has 1 unspecified atom stereocenters. The molecule has 2 rings (SSSR count). The van der Waals surface area contributed by atoms with Crippen LogP contribution < -0.4 is 10.6 Å². The predicted octanol–water partition coefficient (Wildman–Crippen LogP) is 4.49. The van der Waals surface area contributed by atoms with Crippen LogP contribution in [-0.2, 0) is 17.9 Å². The lowest BCUT2D eigenvalue weighted by molar-refractivity contribution is 0.124. The third kappa shape index (κ3) is 5.66. The van der Waals surface area contributed by atoms with E-state index in [1.165, 1.54) is 12.0 Å². The van der Waals surface area contributed by atoms with E-state index in [2.05, 4.69) is 42.7 Å². The maximum Gasteiger partial charge on any atom is 0.219 e. The Morgan fingerprint density at radius 3 is 2.26 bits per heavy atom. The first-order valence-electron chi connectivity index (χ1n) is 8.12. The van der Waals surface area contributed by atoms with Crippen LogP contribution in [0.2, 0.25) is 0 Å². The molecular weight excluding hydrogens is 288 g/mol. The molecule has 0 saturated carbocycles. The molecule has 0 aliphatic carbocycles. The molecule has 124 valence electrons. The Morgan fingerprint density at radius 2 is 1.70 bits per heavy atom. The van der Waals surface area contributed by atoms with E-state index in [1.807, 2.05) is 24.3 Å². The van der Waals surface area contributed by atoms with Gasteiger partial charge in [0.1, 0.15) is 5.75 Å². The number of hydrogen-bond acceptors (Lipinski definition) is 4.